The Labute approximate surface area is 207 Å². The molecule has 0 aromatic rings. The van der Waals surface area contributed by atoms with Crippen LogP contribution in [-0.2, 0) is 17.7 Å². The minimum atomic E-state index is -2.42. The zero-order valence-electron chi connectivity index (χ0n) is 23.5. The van der Waals surface area contributed by atoms with E-state index in [1.54, 1.807) is 0 Å². The first-order valence-electron chi connectivity index (χ1n) is 12.4. The van der Waals surface area contributed by atoms with Crippen molar-refractivity contribution in [2.24, 2.45) is 0 Å². The molecule has 3 N–H and O–H groups in total. The van der Waals surface area contributed by atoms with Crippen molar-refractivity contribution in [1.82, 2.24) is 5.32 Å². The molecule has 0 aromatic carbocycles. The number of ether oxygens (including phenoxy) is 2. The van der Waals surface area contributed by atoms with Gasteiger partial charge in [-0.3, -0.25) is 0 Å². The highest BCUT2D eigenvalue weighted by Gasteiger charge is 2.49. The molecule has 33 heavy (non-hydrogen) atoms. The molecule has 0 amide bonds. The summed E-state index contributed by atoms with van der Waals surface area (Å²) in [6.45, 7) is 28.0. The Balaban J connectivity index is 4.74. The summed E-state index contributed by atoms with van der Waals surface area (Å²) in [5.74, 6) is 0. The van der Waals surface area contributed by atoms with Gasteiger partial charge in [0.2, 0.25) is 0 Å². The topological polar surface area (TPSA) is 89.4 Å². The minimum absolute atomic E-state index is 0.0280. The average molecular weight is 526 g/mol. The smallest absolute Gasteiger partial charge is 0.314 e. The van der Waals surface area contributed by atoms with Gasteiger partial charge in [0.1, 0.15) is 0 Å². The summed E-state index contributed by atoms with van der Waals surface area (Å²) >= 11 is 0. The summed E-state index contributed by atoms with van der Waals surface area (Å²) in [7, 11) is -6.35. The molecular weight excluding hydrogens is 471 g/mol. The van der Waals surface area contributed by atoms with Gasteiger partial charge < -0.3 is 33.2 Å². The van der Waals surface area contributed by atoms with Crippen LogP contribution >= 0.6 is 0 Å². The third kappa shape index (κ3) is 13.3. The van der Waals surface area contributed by atoms with Gasteiger partial charge in [-0.05, 0) is 55.3 Å². The quantitative estimate of drug-likeness (QED) is 0.191. The Bertz CT molecular complexity index is 507. The van der Waals surface area contributed by atoms with Gasteiger partial charge in [0.25, 0.3) is 0 Å². The molecule has 0 heterocycles. The molecular formula is C23H55NO6Si3. The van der Waals surface area contributed by atoms with Gasteiger partial charge in [0.05, 0.1) is 32.5 Å². The predicted octanol–water partition coefficient (Wildman–Crippen LogP) is 4.47. The van der Waals surface area contributed by atoms with Crippen LogP contribution in [0.25, 0.3) is 0 Å². The number of aliphatic hydroxyl groups is 2. The van der Waals surface area contributed by atoms with Crippen LogP contribution in [0.15, 0.2) is 0 Å². The van der Waals surface area contributed by atoms with E-state index >= 15 is 0 Å². The van der Waals surface area contributed by atoms with Gasteiger partial charge in [0, 0.05) is 19.7 Å². The molecule has 0 rings (SSSR count). The fraction of sp³-hybridized carbons (Fsp3) is 1.00. The molecule has 0 aliphatic carbocycles. The lowest BCUT2D eigenvalue weighted by molar-refractivity contribution is 0.0350. The first-order chi connectivity index (χ1) is 14.9. The summed E-state index contributed by atoms with van der Waals surface area (Å²) in [6.07, 6.45) is 0.305. The lowest BCUT2D eigenvalue weighted by atomic mass is 10.2. The Morgan fingerprint density at radius 2 is 1.30 bits per heavy atom. The zero-order chi connectivity index (χ0) is 26.0. The number of hydrogen-bond acceptors (Lipinski definition) is 7. The number of nitrogens with one attached hydrogen (secondary N) is 1. The second-order valence-electron chi connectivity index (χ2n) is 12.2. The maximum Gasteiger partial charge on any atom is 0.314 e. The number of hydrogen-bond donors (Lipinski definition) is 3. The van der Waals surface area contributed by atoms with Crippen molar-refractivity contribution in [3.63, 3.8) is 0 Å². The van der Waals surface area contributed by atoms with E-state index in [0.717, 1.165) is 12.5 Å². The van der Waals surface area contributed by atoms with E-state index in [0.29, 0.717) is 39.5 Å². The van der Waals surface area contributed by atoms with Crippen molar-refractivity contribution < 1.29 is 27.9 Å². The molecule has 0 spiro atoms. The molecule has 1 unspecified atom stereocenters. The molecule has 200 valence electrons. The summed E-state index contributed by atoms with van der Waals surface area (Å²) in [6, 6.07) is 0.891. The van der Waals surface area contributed by atoms with E-state index in [-0.39, 0.29) is 16.7 Å². The zero-order valence-corrected chi connectivity index (χ0v) is 26.5. The van der Waals surface area contributed by atoms with Crippen molar-refractivity contribution >= 4 is 25.2 Å². The van der Waals surface area contributed by atoms with E-state index in [1.165, 1.54) is 0 Å². The fourth-order valence-electron chi connectivity index (χ4n) is 2.86. The summed E-state index contributed by atoms with van der Waals surface area (Å²) < 4.78 is 24.9. The van der Waals surface area contributed by atoms with Gasteiger partial charge in [-0.15, -0.1) is 0 Å². The third-order valence-corrected chi connectivity index (χ3v) is 22.8. The highest BCUT2D eigenvalue weighted by molar-refractivity contribution is 6.89. The number of rotatable bonds is 17. The van der Waals surface area contributed by atoms with Gasteiger partial charge in [0.15, 0.2) is 16.6 Å². The highest BCUT2D eigenvalue weighted by Crippen LogP contribution is 2.43. The van der Waals surface area contributed by atoms with Crippen LogP contribution in [0.3, 0.4) is 0 Å². The third-order valence-electron chi connectivity index (χ3n) is 6.82. The molecule has 0 saturated heterocycles. The van der Waals surface area contributed by atoms with Crippen LogP contribution in [0.4, 0.5) is 0 Å². The molecule has 0 bridgehead atoms. The summed E-state index contributed by atoms with van der Waals surface area (Å²) in [5.41, 5.74) is 0. The maximum atomic E-state index is 10.1. The molecule has 7 nitrogen and oxygen atoms in total. The standard InChI is InChI=1S/C23H55NO6Si3/c1-22(2,3)31(7,8)29-33(11,30-32(9,10)23(4,5)6)18-12-15-28-20-21(26)19-24-13-16-27-17-14-25/h21,24-26H,12-20H2,1-11H3. The maximum absolute atomic E-state index is 10.1. The molecule has 0 aliphatic rings. The Hall–Kier alpha value is 0.371. The predicted molar refractivity (Wildman–Crippen MR) is 145 cm³/mol. The lowest BCUT2D eigenvalue weighted by Crippen LogP contribution is -2.58. The molecule has 10 heteroatoms. The largest absolute Gasteiger partial charge is 0.436 e. The van der Waals surface area contributed by atoms with Crippen LogP contribution in [0.2, 0.25) is 48.9 Å². The average Bonchev–Trinajstić information content (AvgIpc) is 2.61. The second-order valence-corrected chi connectivity index (χ2v) is 25.7. The lowest BCUT2D eigenvalue weighted by Gasteiger charge is -2.48. The molecule has 0 saturated carbocycles. The fourth-order valence-corrected chi connectivity index (χ4v) is 16.1. The van der Waals surface area contributed by atoms with Crippen molar-refractivity contribution in [3.8, 4) is 0 Å². The molecule has 0 aliphatic heterocycles. The molecule has 0 fully saturated rings. The Morgan fingerprint density at radius 3 is 1.76 bits per heavy atom. The molecule has 1 atom stereocenters. The van der Waals surface area contributed by atoms with E-state index < -0.39 is 31.3 Å². The van der Waals surface area contributed by atoms with Crippen molar-refractivity contribution in [2.75, 3.05) is 46.1 Å². The number of aliphatic hydroxyl groups excluding tert-OH is 2. The van der Waals surface area contributed by atoms with E-state index in [2.05, 4.69) is 79.6 Å². The van der Waals surface area contributed by atoms with Crippen LogP contribution in [0.1, 0.15) is 48.0 Å². The van der Waals surface area contributed by atoms with Gasteiger partial charge in [-0.1, -0.05) is 41.5 Å². The van der Waals surface area contributed by atoms with Crippen LogP contribution in [-0.4, -0.2) is 87.6 Å². The van der Waals surface area contributed by atoms with E-state index in [4.69, 9.17) is 22.8 Å². The normalized spacial score (nSPS) is 15.2. The summed E-state index contributed by atoms with van der Waals surface area (Å²) in [5, 5.41) is 22.2. The van der Waals surface area contributed by atoms with Crippen LogP contribution < -0.4 is 5.32 Å². The van der Waals surface area contributed by atoms with E-state index in [9.17, 15) is 5.11 Å². The van der Waals surface area contributed by atoms with Gasteiger partial charge in [-0.2, -0.15) is 0 Å². The van der Waals surface area contributed by atoms with Crippen molar-refractivity contribution in [2.45, 2.75) is 103 Å². The van der Waals surface area contributed by atoms with Gasteiger partial charge in [-0.25, -0.2) is 0 Å². The first kappa shape index (κ1) is 33.4. The monoisotopic (exact) mass is 525 g/mol. The second kappa shape index (κ2) is 14.2. The van der Waals surface area contributed by atoms with Crippen LogP contribution in [0.5, 0.6) is 0 Å². The Kier molecular flexibility index (Phi) is 14.4. The first-order valence-corrected chi connectivity index (χ1v) is 20.8. The Morgan fingerprint density at radius 1 is 0.788 bits per heavy atom. The van der Waals surface area contributed by atoms with Crippen LogP contribution in [0, 0.1) is 0 Å². The highest BCUT2D eigenvalue weighted by atomic mass is 28.5. The summed E-state index contributed by atoms with van der Waals surface area (Å²) in [4.78, 5) is 0. The molecule has 0 aromatic heterocycles. The van der Waals surface area contributed by atoms with E-state index in [1.807, 2.05) is 0 Å². The van der Waals surface area contributed by atoms with Crippen molar-refractivity contribution in [1.29, 1.82) is 0 Å². The minimum Gasteiger partial charge on any atom is -0.436 e. The molecule has 0 radical (unpaired) electrons. The SMILES string of the molecule is CC(C)(C)[Si](C)(C)O[Si](C)(CCCOCC(O)CNCCOCCO)O[Si](C)(C)C(C)(C)C. The van der Waals surface area contributed by atoms with Crippen molar-refractivity contribution in [3.05, 3.63) is 0 Å². The van der Waals surface area contributed by atoms with Gasteiger partial charge >= 0.3 is 8.56 Å².